The molecule has 0 aliphatic carbocycles. The minimum Gasteiger partial charge on any atom is -0.328 e. The summed E-state index contributed by atoms with van der Waals surface area (Å²) < 4.78 is 1.62. The van der Waals surface area contributed by atoms with Gasteiger partial charge in [0.25, 0.3) is 11.5 Å². The average Bonchev–Trinajstić information content (AvgIpc) is 3.36. The first-order valence-corrected chi connectivity index (χ1v) is 12.3. The highest BCUT2D eigenvalue weighted by Gasteiger charge is 2.28. The maximum atomic E-state index is 13.7. The van der Waals surface area contributed by atoms with Crippen LogP contribution in [0.4, 0.5) is 0 Å². The van der Waals surface area contributed by atoms with Gasteiger partial charge in [-0.25, -0.2) is 4.98 Å². The van der Waals surface area contributed by atoms with Crippen molar-refractivity contribution in [2.24, 2.45) is 0 Å². The Morgan fingerprint density at radius 1 is 1.15 bits per heavy atom. The van der Waals surface area contributed by atoms with Crippen molar-refractivity contribution in [3.63, 3.8) is 0 Å². The van der Waals surface area contributed by atoms with Crippen molar-refractivity contribution in [1.82, 2.24) is 14.5 Å². The van der Waals surface area contributed by atoms with Crippen LogP contribution in [0, 0.1) is 6.92 Å². The number of unbranched alkanes of at least 4 members (excludes halogenated alkanes) is 1. The van der Waals surface area contributed by atoms with Crippen LogP contribution < -0.4 is 5.56 Å². The minimum atomic E-state index is -0.429. The maximum absolute atomic E-state index is 13.7. The second-order valence-electron chi connectivity index (χ2n) is 8.02. The summed E-state index contributed by atoms with van der Waals surface area (Å²) in [6.45, 7) is 6.50. The summed E-state index contributed by atoms with van der Waals surface area (Å²) in [6.07, 6.45) is 1.81. The summed E-state index contributed by atoms with van der Waals surface area (Å²) in [6, 6.07) is 16.1. The van der Waals surface area contributed by atoms with Gasteiger partial charge < -0.3 is 4.90 Å². The molecule has 0 aliphatic rings. The standard InChI is InChI=1S/C26H26ClN3O2S/c1-4-5-15-29(26(32)23-14-9-16-33-23)18(3)24-28-21-12-7-6-10-19(21)25(31)30(24)22-13-8-11-20(27)17(22)2/h6-14,16,18H,4-5,15H2,1-3H3. The second-order valence-corrected chi connectivity index (χ2v) is 9.37. The summed E-state index contributed by atoms with van der Waals surface area (Å²) in [4.78, 5) is 34.6. The number of hydrogen-bond acceptors (Lipinski definition) is 4. The Hall–Kier alpha value is -2.96. The molecule has 1 atom stereocenters. The van der Waals surface area contributed by atoms with E-state index < -0.39 is 6.04 Å². The molecule has 1 unspecified atom stereocenters. The molecule has 0 aliphatic heterocycles. The molecule has 170 valence electrons. The zero-order valence-electron chi connectivity index (χ0n) is 18.9. The number of carbonyl (C=O) groups excluding carboxylic acids is 1. The summed E-state index contributed by atoms with van der Waals surface area (Å²) >= 11 is 7.83. The van der Waals surface area contributed by atoms with Crippen LogP contribution in [0.3, 0.4) is 0 Å². The predicted molar refractivity (Wildman–Crippen MR) is 136 cm³/mol. The first-order valence-electron chi connectivity index (χ1n) is 11.1. The fourth-order valence-corrected chi connectivity index (χ4v) is 4.83. The monoisotopic (exact) mass is 479 g/mol. The molecular weight excluding hydrogens is 454 g/mol. The molecule has 5 nitrogen and oxygen atoms in total. The zero-order valence-corrected chi connectivity index (χ0v) is 20.5. The number of fused-ring (bicyclic) bond motifs is 1. The molecule has 0 spiro atoms. The number of para-hydroxylation sites is 1. The van der Waals surface area contributed by atoms with E-state index in [1.54, 1.807) is 16.7 Å². The fourth-order valence-electron chi connectivity index (χ4n) is 3.98. The molecule has 4 rings (SSSR count). The largest absolute Gasteiger partial charge is 0.328 e. The lowest BCUT2D eigenvalue weighted by atomic mass is 10.1. The van der Waals surface area contributed by atoms with Crippen LogP contribution in [0.15, 0.2) is 64.8 Å². The van der Waals surface area contributed by atoms with Gasteiger partial charge in [-0.05, 0) is 61.5 Å². The van der Waals surface area contributed by atoms with Crippen molar-refractivity contribution >= 4 is 39.7 Å². The number of carbonyl (C=O) groups is 1. The Balaban J connectivity index is 1.95. The lowest BCUT2D eigenvalue weighted by Gasteiger charge is -2.30. The summed E-state index contributed by atoms with van der Waals surface area (Å²) in [5.41, 5.74) is 1.90. The Labute approximate surface area is 202 Å². The Morgan fingerprint density at radius 3 is 2.67 bits per heavy atom. The number of thiophene rings is 1. The van der Waals surface area contributed by atoms with E-state index in [2.05, 4.69) is 6.92 Å². The van der Waals surface area contributed by atoms with E-state index in [0.717, 1.165) is 18.4 Å². The highest BCUT2D eigenvalue weighted by Crippen LogP contribution is 2.28. The Kier molecular flexibility index (Phi) is 6.96. The van der Waals surface area contributed by atoms with E-state index in [4.69, 9.17) is 16.6 Å². The molecule has 2 aromatic carbocycles. The van der Waals surface area contributed by atoms with E-state index in [9.17, 15) is 9.59 Å². The third kappa shape index (κ3) is 4.45. The number of rotatable bonds is 7. The highest BCUT2D eigenvalue weighted by atomic mass is 35.5. The van der Waals surface area contributed by atoms with Crippen LogP contribution in [-0.2, 0) is 0 Å². The third-order valence-electron chi connectivity index (χ3n) is 5.87. The number of hydrogen-bond donors (Lipinski definition) is 0. The second kappa shape index (κ2) is 9.89. The minimum absolute atomic E-state index is 0.0530. The molecule has 7 heteroatoms. The molecule has 33 heavy (non-hydrogen) atoms. The van der Waals surface area contributed by atoms with Crippen molar-refractivity contribution in [3.05, 3.63) is 91.6 Å². The first-order chi connectivity index (χ1) is 15.9. The van der Waals surface area contributed by atoms with Gasteiger partial charge in [0.2, 0.25) is 0 Å². The van der Waals surface area contributed by atoms with Gasteiger partial charge in [-0.2, -0.15) is 0 Å². The highest BCUT2D eigenvalue weighted by molar-refractivity contribution is 7.12. The van der Waals surface area contributed by atoms with E-state index in [0.29, 0.717) is 38.9 Å². The molecule has 0 saturated heterocycles. The molecule has 0 radical (unpaired) electrons. The SMILES string of the molecule is CCCCN(C(=O)c1cccs1)C(C)c1nc2ccccc2c(=O)n1-c1cccc(Cl)c1C. The van der Waals surface area contributed by atoms with Crippen LogP contribution in [0.1, 0.15) is 53.8 Å². The van der Waals surface area contributed by atoms with Gasteiger partial charge in [0.15, 0.2) is 0 Å². The lowest BCUT2D eigenvalue weighted by Crippen LogP contribution is -2.38. The molecule has 1 amide bonds. The number of amides is 1. The zero-order chi connectivity index (χ0) is 23.5. The smallest absolute Gasteiger partial charge is 0.266 e. The molecule has 0 fully saturated rings. The van der Waals surface area contributed by atoms with Crippen molar-refractivity contribution in [2.45, 2.75) is 39.7 Å². The molecule has 2 aromatic heterocycles. The average molecular weight is 480 g/mol. The fraction of sp³-hybridized carbons (Fsp3) is 0.269. The van der Waals surface area contributed by atoms with Gasteiger partial charge in [-0.15, -0.1) is 11.3 Å². The molecule has 0 saturated carbocycles. The van der Waals surface area contributed by atoms with Crippen LogP contribution in [0.2, 0.25) is 5.02 Å². The van der Waals surface area contributed by atoms with Crippen LogP contribution >= 0.6 is 22.9 Å². The van der Waals surface area contributed by atoms with E-state index in [1.165, 1.54) is 11.3 Å². The maximum Gasteiger partial charge on any atom is 0.266 e. The van der Waals surface area contributed by atoms with E-state index in [1.807, 2.05) is 66.6 Å². The van der Waals surface area contributed by atoms with Gasteiger partial charge in [-0.1, -0.05) is 49.2 Å². The number of aromatic nitrogens is 2. The van der Waals surface area contributed by atoms with Gasteiger partial charge in [0, 0.05) is 11.6 Å². The topological polar surface area (TPSA) is 55.2 Å². The Bertz CT molecular complexity index is 1350. The van der Waals surface area contributed by atoms with Crippen molar-refractivity contribution in [3.8, 4) is 5.69 Å². The molecular formula is C26H26ClN3O2S. The van der Waals surface area contributed by atoms with Crippen molar-refractivity contribution < 1.29 is 4.79 Å². The molecule has 2 heterocycles. The van der Waals surface area contributed by atoms with Crippen molar-refractivity contribution in [1.29, 1.82) is 0 Å². The van der Waals surface area contributed by atoms with Crippen LogP contribution in [0.5, 0.6) is 0 Å². The Morgan fingerprint density at radius 2 is 1.94 bits per heavy atom. The number of halogens is 1. The van der Waals surface area contributed by atoms with Crippen LogP contribution in [0.25, 0.3) is 16.6 Å². The molecule has 0 N–H and O–H groups in total. The lowest BCUT2D eigenvalue weighted by molar-refractivity contribution is 0.0683. The third-order valence-corrected chi connectivity index (χ3v) is 7.14. The van der Waals surface area contributed by atoms with Gasteiger partial charge >= 0.3 is 0 Å². The van der Waals surface area contributed by atoms with E-state index in [-0.39, 0.29) is 11.5 Å². The van der Waals surface area contributed by atoms with Gasteiger partial charge in [-0.3, -0.25) is 14.2 Å². The number of benzene rings is 2. The molecule has 4 aromatic rings. The summed E-state index contributed by atoms with van der Waals surface area (Å²) in [7, 11) is 0. The van der Waals surface area contributed by atoms with Crippen LogP contribution in [-0.4, -0.2) is 26.9 Å². The van der Waals surface area contributed by atoms with Crippen molar-refractivity contribution in [2.75, 3.05) is 6.54 Å². The molecule has 0 bridgehead atoms. The quantitative estimate of drug-likeness (QED) is 0.307. The first kappa shape index (κ1) is 23.2. The van der Waals surface area contributed by atoms with Gasteiger partial charge in [0.1, 0.15) is 5.82 Å². The predicted octanol–water partition coefficient (Wildman–Crippen LogP) is 6.41. The number of nitrogens with zero attached hydrogens (tertiary/aromatic N) is 3. The normalized spacial score (nSPS) is 12.1. The summed E-state index contributed by atoms with van der Waals surface area (Å²) in [5, 5.41) is 3.00. The van der Waals surface area contributed by atoms with Gasteiger partial charge in [0.05, 0.1) is 27.5 Å². The van der Waals surface area contributed by atoms with E-state index >= 15 is 0 Å². The summed E-state index contributed by atoms with van der Waals surface area (Å²) in [5.74, 6) is 0.466.